The fourth-order valence-corrected chi connectivity index (χ4v) is 6.58. The maximum absolute atomic E-state index is 10.8. The van der Waals surface area contributed by atoms with Gasteiger partial charge in [-0.15, -0.1) is 0 Å². The van der Waals surface area contributed by atoms with Gasteiger partial charge in [-0.3, -0.25) is 9.80 Å². The molecule has 0 aromatic rings. The van der Waals surface area contributed by atoms with E-state index in [-0.39, 0.29) is 6.10 Å². The average molecular weight is 431 g/mol. The summed E-state index contributed by atoms with van der Waals surface area (Å²) in [7, 11) is 0. The summed E-state index contributed by atoms with van der Waals surface area (Å²) in [6, 6.07) is 2.72. The summed E-state index contributed by atoms with van der Waals surface area (Å²) in [6.07, 6.45) is 24.9. The van der Waals surface area contributed by atoms with E-state index in [4.69, 9.17) is 0 Å². The molecular formula is C28H50N2O. The van der Waals surface area contributed by atoms with Crippen LogP contribution in [0.15, 0.2) is 23.8 Å². The highest BCUT2D eigenvalue weighted by Gasteiger charge is 2.27. The smallest absolute Gasteiger partial charge is 0.0786 e. The van der Waals surface area contributed by atoms with E-state index in [9.17, 15) is 5.11 Å². The Morgan fingerprint density at radius 3 is 2.10 bits per heavy atom. The molecule has 0 spiro atoms. The summed E-state index contributed by atoms with van der Waals surface area (Å²) in [6.45, 7) is 9.34. The van der Waals surface area contributed by atoms with Crippen molar-refractivity contribution in [1.82, 2.24) is 9.80 Å². The normalized spacial score (nSPS) is 25.7. The van der Waals surface area contributed by atoms with Crippen molar-refractivity contribution in [3.63, 3.8) is 0 Å². The van der Waals surface area contributed by atoms with Gasteiger partial charge in [-0.25, -0.2) is 0 Å². The van der Waals surface area contributed by atoms with Gasteiger partial charge in [0.2, 0.25) is 0 Å². The molecule has 3 nitrogen and oxygen atoms in total. The minimum absolute atomic E-state index is 0.293. The second-order valence-electron chi connectivity index (χ2n) is 10.4. The van der Waals surface area contributed by atoms with E-state index < -0.39 is 0 Å². The van der Waals surface area contributed by atoms with Crippen LogP contribution in [0, 0.1) is 0 Å². The highest BCUT2D eigenvalue weighted by molar-refractivity contribution is 5.28. The number of rotatable bonds is 11. The van der Waals surface area contributed by atoms with E-state index in [0.717, 1.165) is 43.5 Å². The lowest BCUT2D eigenvalue weighted by Crippen LogP contribution is -2.43. The quantitative estimate of drug-likeness (QED) is 0.407. The first-order valence-corrected chi connectivity index (χ1v) is 13.7. The van der Waals surface area contributed by atoms with Gasteiger partial charge in [0.1, 0.15) is 0 Å². The van der Waals surface area contributed by atoms with Crippen LogP contribution >= 0.6 is 0 Å². The van der Waals surface area contributed by atoms with Gasteiger partial charge < -0.3 is 5.11 Å². The van der Waals surface area contributed by atoms with Crippen molar-refractivity contribution in [3.05, 3.63) is 23.8 Å². The van der Waals surface area contributed by atoms with E-state index >= 15 is 0 Å². The third kappa shape index (κ3) is 7.17. The Morgan fingerprint density at radius 2 is 1.55 bits per heavy atom. The molecule has 0 aromatic carbocycles. The Hall–Kier alpha value is -0.640. The highest BCUT2D eigenvalue weighted by atomic mass is 16.3. The fraction of sp³-hybridized carbons (Fsp3) is 0.857. The van der Waals surface area contributed by atoms with Crippen LogP contribution in [0.2, 0.25) is 0 Å². The van der Waals surface area contributed by atoms with Crippen LogP contribution in [0.1, 0.15) is 111 Å². The molecule has 3 unspecified atom stereocenters. The molecule has 3 heteroatoms. The van der Waals surface area contributed by atoms with Crippen LogP contribution in [-0.4, -0.2) is 58.3 Å². The summed E-state index contributed by atoms with van der Waals surface area (Å²) in [5.41, 5.74) is 1.16. The van der Waals surface area contributed by atoms with Gasteiger partial charge in [-0.2, -0.15) is 0 Å². The Balaban J connectivity index is 1.41. The first-order chi connectivity index (χ1) is 15.1. The third-order valence-corrected chi connectivity index (χ3v) is 8.40. The lowest BCUT2D eigenvalue weighted by molar-refractivity contribution is 0.109. The zero-order valence-electron chi connectivity index (χ0n) is 20.8. The first-order valence-electron chi connectivity index (χ1n) is 13.7. The molecule has 1 N–H and O–H groups in total. The molecule has 178 valence electrons. The van der Waals surface area contributed by atoms with Crippen molar-refractivity contribution in [1.29, 1.82) is 0 Å². The molecule has 2 saturated carbocycles. The molecule has 2 fully saturated rings. The largest absolute Gasteiger partial charge is 0.388 e. The van der Waals surface area contributed by atoms with Crippen LogP contribution in [-0.2, 0) is 0 Å². The minimum Gasteiger partial charge on any atom is -0.388 e. The predicted octanol–water partition coefficient (Wildman–Crippen LogP) is 6.47. The van der Waals surface area contributed by atoms with Gasteiger partial charge in [0.15, 0.2) is 0 Å². The van der Waals surface area contributed by atoms with Gasteiger partial charge in [0, 0.05) is 24.2 Å². The Bertz CT molecular complexity index is 559. The second-order valence-corrected chi connectivity index (χ2v) is 10.4. The molecule has 31 heavy (non-hydrogen) atoms. The predicted molar refractivity (Wildman–Crippen MR) is 133 cm³/mol. The number of nitrogens with zero attached hydrogens (tertiary/aromatic N) is 2. The van der Waals surface area contributed by atoms with Crippen molar-refractivity contribution in [2.45, 2.75) is 141 Å². The Morgan fingerprint density at radius 1 is 0.903 bits per heavy atom. The minimum atomic E-state index is -0.293. The van der Waals surface area contributed by atoms with Gasteiger partial charge in [0.25, 0.3) is 0 Å². The lowest BCUT2D eigenvalue weighted by atomic mass is 9.90. The SMILES string of the molecule is CCN(C(C)CCCC(O)C1=CCC(N(CC)C2CCCCC2)C=C1)C1CCCCC1. The molecule has 0 radical (unpaired) electrons. The lowest BCUT2D eigenvalue weighted by Gasteiger charge is -2.39. The molecule has 3 aliphatic rings. The molecule has 0 amide bonds. The molecule has 3 rings (SSSR count). The average Bonchev–Trinajstić information content (AvgIpc) is 2.82. The standard InChI is InChI=1S/C28H50N2O/c1-4-29(25-14-8-6-9-15-25)23(3)13-12-18-28(31)24-19-21-27(22-20-24)30(5-2)26-16-10-7-11-17-26/h19-21,23,25-28,31H,4-18,22H2,1-3H3. The molecule has 0 saturated heterocycles. The van der Waals surface area contributed by atoms with E-state index in [1.165, 1.54) is 77.2 Å². The molecular weight excluding hydrogens is 380 g/mol. The van der Waals surface area contributed by atoms with E-state index in [1.807, 2.05) is 0 Å². The zero-order valence-corrected chi connectivity index (χ0v) is 20.8. The van der Waals surface area contributed by atoms with Crippen molar-refractivity contribution in [2.24, 2.45) is 0 Å². The van der Waals surface area contributed by atoms with Crippen LogP contribution in [0.5, 0.6) is 0 Å². The number of aliphatic hydroxyl groups is 1. The summed E-state index contributed by atoms with van der Waals surface area (Å²) < 4.78 is 0. The van der Waals surface area contributed by atoms with Crippen molar-refractivity contribution in [3.8, 4) is 0 Å². The summed E-state index contributed by atoms with van der Waals surface area (Å²) in [5.74, 6) is 0. The maximum atomic E-state index is 10.8. The molecule has 3 aliphatic carbocycles. The molecule has 0 aliphatic heterocycles. The van der Waals surface area contributed by atoms with Gasteiger partial charge in [-0.1, -0.05) is 70.6 Å². The van der Waals surface area contributed by atoms with Crippen molar-refractivity contribution < 1.29 is 5.11 Å². The van der Waals surface area contributed by atoms with Crippen LogP contribution in [0.25, 0.3) is 0 Å². The molecule has 0 heterocycles. The zero-order chi connectivity index (χ0) is 22.1. The van der Waals surface area contributed by atoms with Crippen molar-refractivity contribution in [2.75, 3.05) is 13.1 Å². The number of aliphatic hydroxyl groups excluding tert-OH is 1. The molecule has 0 aromatic heterocycles. The first kappa shape index (κ1) is 25.0. The second kappa shape index (κ2) is 13.2. The summed E-state index contributed by atoms with van der Waals surface area (Å²) >= 11 is 0. The number of hydrogen-bond donors (Lipinski definition) is 1. The molecule has 3 atom stereocenters. The van der Waals surface area contributed by atoms with Crippen LogP contribution < -0.4 is 0 Å². The van der Waals surface area contributed by atoms with Crippen LogP contribution in [0.3, 0.4) is 0 Å². The Kier molecular flexibility index (Phi) is 10.6. The monoisotopic (exact) mass is 430 g/mol. The van der Waals surface area contributed by atoms with Crippen molar-refractivity contribution >= 4 is 0 Å². The van der Waals surface area contributed by atoms with E-state index in [2.05, 4.69) is 48.8 Å². The highest BCUT2D eigenvalue weighted by Crippen LogP contribution is 2.29. The number of hydrogen-bond acceptors (Lipinski definition) is 3. The van der Waals surface area contributed by atoms with Gasteiger partial charge >= 0.3 is 0 Å². The summed E-state index contributed by atoms with van der Waals surface area (Å²) in [4.78, 5) is 5.45. The third-order valence-electron chi connectivity index (χ3n) is 8.40. The molecule has 0 bridgehead atoms. The summed E-state index contributed by atoms with van der Waals surface area (Å²) in [5, 5.41) is 10.8. The van der Waals surface area contributed by atoms with Gasteiger partial charge in [-0.05, 0) is 77.0 Å². The van der Waals surface area contributed by atoms with E-state index in [0.29, 0.717) is 12.1 Å². The fourth-order valence-electron chi connectivity index (χ4n) is 6.58. The van der Waals surface area contributed by atoms with Crippen LogP contribution in [0.4, 0.5) is 0 Å². The topological polar surface area (TPSA) is 26.7 Å². The Labute approximate surface area is 193 Å². The maximum Gasteiger partial charge on any atom is 0.0786 e. The van der Waals surface area contributed by atoms with Gasteiger partial charge in [0.05, 0.1) is 6.10 Å². The van der Waals surface area contributed by atoms with E-state index in [1.54, 1.807) is 0 Å². The number of likely N-dealkylation sites (N-methyl/N-ethyl adjacent to an activating group) is 1.